The van der Waals surface area contributed by atoms with Crippen LogP contribution >= 0.6 is 22.9 Å². The molecule has 2 aliphatic rings. The monoisotopic (exact) mass is 481 g/mol. The van der Waals surface area contributed by atoms with Crippen molar-refractivity contribution in [3.05, 3.63) is 80.9 Å². The van der Waals surface area contributed by atoms with Gasteiger partial charge in [-0.1, -0.05) is 29.8 Å². The van der Waals surface area contributed by atoms with Crippen molar-refractivity contribution < 1.29 is 14.0 Å². The Balaban J connectivity index is 1.53. The van der Waals surface area contributed by atoms with Crippen LogP contribution in [0.5, 0.6) is 0 Å². The molecule has 1 aliphatic carbocycles. The molecule has 0 unspecified atom stereocenters. The molecule has 1 aliphatic heterocycles. The van der Waals surface area contributed by atoms with Crippen LogP contribution in [0.3, 0.4) is 0 Å². The lowest BCUT2D eigenvalue weighted by molar-refractivity contribution is -0.120. The Morgan fingerprint density at radius 3 is 2.67 bits per heavy atom. The van der Waals surface area contributed by atoms with Gasteiger partial charge < -0.3 is 5.32 Å². The zero-order chi connectivity index (χ0) is 22.9. The SMILES string of the molecule is O=C(CN1C(=O)CN=C(c2ccccc2Cl)c2c1sc1c2CCCC1)Nc1ccc(F)cc1. The van der Waals surface area contributed by atoms with Crippen molar-refractivity contribution in [1.29, 1.82) is 0 Å². The molecule has 1 N–H and O–H groups in total. The first-order valence-corrected chi connectivity index (χ1v) is 12.0. The lowest BCUT2D eigenvalue weighted by Crippen LogP contribution is -2.38. The first-order valence-electron chi connectivity index (χ1n) is 10.8. The molecule has 1 aromatic heterocycles. The van der Waals surface area contributed by atoms with E-state index in [4.69, 9.17) is 11.6 Å². The highest BCUT2D eigenvalue weighted by molar-refractivity contribution is 7.17. The summed E-state index contributed by atoms with van der Waals surface area (Å²) in [6, 6.07) is 13.0. The number of amides is 2. The summed E-state index contributed by atoms with van der Waals surface area (Å²) in [5.41, 5.74) is 4.10. The normalized spacial score (nSPS) is 15.4. The fourth-order valence-electron chi connectivity index (χ4n) is 4.32. The van der Waals surface area contributed by atoms with Crippen LogP contribution in [0.15, 0.2) is 53.5 Å². The van der Waals surface area contributed by atoms with Crippen molar-refractivity contribution in [2.45, 2.75) is 25.7 Å². The standard InChI is InChI=1S/C25H21ClFN3O2S/c26-19-7-3-1-5-17(19)24-23-18-6-2-4-8-20(18)33-25(23)30(22(32)13-28-24)14-21(31)29-16-11-9-15(27)10-12-16/h1,3,5,7,9-12H,2,4,6,8,13-14H2,(H,29,31). The van der Waals surface area contributed by atoms with Crippen LogP contribution in [-0.2, 0) is 22.4 Å². The Kier molecular flexibility index (Phi) is 6.00. The first kappa shape index (κ1) is 21.8. The summed E-state index contributed by atoms with van der Waals surface area (Å²) in [5, 5.41) is 4.07. The number of nitrogens with zero attached hydrogens (tertiary/aromatic N) is 2. The molecule has 2 heterocycles. The predicted molar refractivity (Wildman–Crippen MR) is 130 cm³/mol. The Morgan fingerprint density at radius 1 is 1.12 bits per heavy atom. The molecule has 8 heteroatoms. The molecule has 2 amide bonds. The minimum absolute atomic E-state index is 0.0689. The molecule has 0 saturated carbocycles. The number of rotatable bonds is 4. The molecule has 3 aromatic rings. The van der Waals surface area contributed by atoms with E-state index in [1.165, 1.54) is 39.6 Å². The Morgan fingerprint density at radius 2 is 1.88 bits per heavy atom. The van der Waals surface area contributed by atoms with E-state index in [2.05, 4.69) is 10.3 Å². The molecule has 2 aromatic carbocycles. The Hall–Kier alpha value is -3.03. The lowest BCUT2D eigenvalue weighted by Gasteiger charge is -2.20. The van der Waals surface area contributed by atoms with Gasteiger partial charge in [-0.15, -0.1) is 11.3 Å². The van der Waals surface area contributed by atoms with E-state index in [1.54, 1.807) is 11.3 Å². The number of halogens is 2. The number of hydrogen-bond acceptors (Lipinski definition) is 4. The molecule has 0 saturated heterocycles. The van der Waals surface area contributed by atoms with Gasteiger partial charge in [0, 0.05) is 26.7 Å². The molecule has 0 atom stereocenters. The Bertz CT molecular complexity index is 1270. The van der Waals surface area contributed by atoms with Crippen LogP contribution in [-0.4, -0.2) is 30.6 Å². The molecule has 33 heavy (non-hydrogen) atoms. The second-order valence-corrected chi connectivity index (χ2v) is 9.56. The summed E-state index contributed by atoms with van der Waals surface area (Å²) in [4.78, 5) is 33.4. The van der Waals surface area contributed by atoms with Crippen molar-refractivity contribution in [3.8, 4) is 0 Å². The van der Waals surface area contributed by atoms with E-state index in [0.717, 1.165) is 41.8 Å². The summed E-state index contributed by atoms with van der Waals surface area (Å²) >= 11 is 8.09. The van der Waals surface area contributed by atoms with Crippen LogP contribution in [0.2, 0.25) is 5.02 Å². The topological polar surface area (TPSA) is 61.8 Å². The summed E-state index contributed by atoms with van der Waals surface area (Å²) in [7, 11) is 0. The maximum Gasteiger partial charge on any atom is 0.249 e. The number of aliphatic imine (C=N–C) groups is 1. The Labute approximate surface area is 199 Å². The number of thiophene rings is 1. The maximum absolute atomic E-state index is 13.2. The smallest absolute Gasteiger partial charge is 0.249 e. The molecule has 5 nitrogen and oxygen atoms in total. The number of carbonyl (C=O) groups is 2. The second-order valence-electron chi connectivity index (χ2n) is 8.07. The van der Waals surface area contributed by atoms with E-state index >= 15 is 0 Å². The van der Waals surface area contributed by atoms with Gasteiger partial charge in [0.05, 0.1) is 5.71 Å². The number of aryl methyl sites for hydroxylation is 1. The van der Waals surface area contributed by atoms with Crippen molar-refractivity contribution in [2.75, 3.05) is 23.3 Å². The zero-order valence-electron chi connectivity index (χ0n) is 17.7. The summed E-state index contributed by atoms with van der Waals surface area (Å²) in [5.74, 6) is -0.978. The fraction of sp³-hybridized carbons (Fsp3) is 0.240. The van der Waals surface area contributed by atoms with Crippen LogP contribution in [0, 0.1) is 5.82 Å². The van der Waals surface area contributed by atoms with Crippen molar-refractivity contribution in [3.63, 3.8) is 0 Å². The third kappa shape index (κ3) is 4.30. The third-order valence-electron chi connectivity index (χ3n) is 5.87. The second kappa shape index (κ2) is 9.08. The third-order valence-corrected chi connectivity index (χ3v) is 7.51. The molecular formula is C25H21ClFN3O2S. The highest BCUT2D eigenvalue weighted by atomic mass is 35.5. The quantitative estimate of drug-likeness (QED) is 0.553. The minimum Gasteiger partial charge on any atom is -0.325 e. The van der Waals surface area contributed by atoms with Gasteiger partial charge in [0.15, 0.2) is 0 Å². The summed E-state index contributed by atoms with van der Waals surface area (Å²) in [6.07, 6.45) is 4.04. The van der Waals surface area contributed by atoms with Gasteiger partial charge in [0.1, 0.15) is 23.9 Å². The van der Waals surface area contributed by atoms with Crippen molar-refractivity contribution >= 4 is 51.2 Å². The predicted octanol–water partition coefficient (Wildman–Crippen LogP) is 5.24. The largest absolute Gasteiger partial charge is 0.325 e. The van der Waals surface area contributed by atoms with Gasteiger partial charge in [0.25, 0.3) is 0 Å². The maximum atomic E-state index is 13.2. The number of fused-ring (bicyclic) bond motifs is 3. The first-order chi connectivity index (χ1) is 16.0. The van der Waals surface area contributed by atoms with E-state index < -0.39 is 0 Å². The number of benzene rings is 2. The number of carbonyl (C=O) groups excluding carboxylic acids is 2. The number of hydrogen-bond donors (Lipinski definition) is 1. The number of anilines is 2. The van der Waals surface area contributed by atoms with Gasteiger partial charge in [-0.05, 0) is 61.6 Å². The van der Waals surface area contributed by atoms with Crippen molar-refractivity contribution in [1.82, 2.24) is 0 Å². The average Bonchev–Trinajstić information content (AvgIpc) is 3.13. The average molecular weight is 482 g/mol. The lowest BCUT2D eigenvalue weighted by atomic mass is 9.91. The molecule has 5 rings (SSSR count). The van der Waals surface area contributed by atoms with Crippen LogP contribution in [0.1, 0.15) is 34.4 Å². The zero-order valence-corrected chi connectivity index (χ0v) is 19.3. The molecule has 0 spiro atoms. The highest BCUT2D eigenvalue weighted by Gasteiger charge is 2.33. The fourth-order valence-corrected chi connectivity index (χ4v) is 5.95. The van der Waals surface area contributed by atoms with Gasteiger partial charge in [0.2, 0.25) is 11.8 Å². The van der Waals surface area contributed by atoms with E-state index in [9.17, 15) is 14.0 Å². The summed E-state index contributed by atoms with van der Waals surface area (Å²) in [6.45, 7) is -0.214. The van der Waals surface area contributed by atoms with Gasteiger partial charge in [-0.3, -0.25) is 19.5 Å². The molecule has 0 fully saturated rings. The van der Waals surface area contributed by atoms with Gasteiger partial charge >= 0.3 is 0 Å². The van der Waals surface area contributed by atoms with Crippen LogP contribution in [0.25, 0.3) is 0 Å². The van der Waals surface area contributed by atoms with E-state index in [-0.39, 0.29) is 30.7 Å². The van der Waals surface area contributed by atoms with Crippen LogP contribution in [0.4, 0.5) is 15.1 Å². The molecular weight excluding hydrogens is 461 g/mol. The van der Waals surface area contributed by atoms with Crippen molar-refractivity contribution in [2.24, 2.45) is 4.99 Å². The van der Waals surface area contributed by atoms with Crippen LogP contribution < -0.4 is 10.2 Å². The molecule has 0 radical (unpaired) electrons. The molecule has 0 bridgehead atoms. The van der Waals surface area contributed by atoms with E-state index in [0.29, 0.717) is 16.4 Å². The highest BCUT2D eigenvalue weighted by Crippen LogP contribution is 2.43. The summed E-state index contributed by atoms with van der Waals surface area (Å²) < 4.78 is 13.2. The minimum atomic E-state index is -0.381. The molecule has 168 valence electrons. The number of nitrogens with one attached hydrogen (secondary N) is 1. The van der Waals surface area contributed by atoms with Gasteiger partial charge in [-0.2, -0.15) is 0 Å². The van der Waals surface area contributed by atoms with E-state index in [1.807, 2.05) is 24.3 Å². The van der Waals surface area contributed by atoms with Gasteiger partial charge in [-0.25, -0.2) is 4.39 Å².